The van der Waals surface area contributed by atoms with Crippen molar-refractivity contribution in [3.63, 3.8) is 0 Å². The molecule has 1 unspecified atom stereocenters. The van der Waals surface area contributed by atoms with Gasteiger partial charge in [0, 0.05) is 11.4 Å². The molecule has 0 amide bonds. The Balaban J connectivity index is 2.64. The molecule has 0 aliphatic carbocycles. The van der Waals surface area contributed by atoms with Crippen LogP contribution in [0.3, 0.4) is 0 Å². The third kappa shape index (κ3) is 4.31. The Morgan fingerprint density at radius 3 is 1.67 bits per heavy atom. The summed E-state index contributed by atoms with van der Waals surface area (Å²) in [5.74, 6) is 0.522. The van der Waals surface area contributed by atoms with Crippen LogP contribution in [0.15, 0.2) is 18.2 Å². The Morgan fingerprint density at radius 2 is 1.22 bits per heavy atom. The standard InChI is InChI=1S/C25H38N2/c1-7-16(6)23-21(15-20(10-4)25(27)22(23)11-5)14-17-12-18(8-2)24(26)19(9-3)13-17/h12-13,15-16H,7-11,14,26-27H2,1-6H3. The third-order valence-electron chi connectivity index (χ3n) is 6.10. The SMILES string of the molecule is CCc1cc(Cc2cc(CC)c(N)c(CC)c2C(C)CC)cc(CC)c1N. The molecule has 4 N–H and O–H groups in total. The van der Waals surface area contributed by atoms with Crippen molar-refractivity contribution in [2.24, 2.45) is 0 Å². The second-order valence-corrected chi connectivity index (χ2v) is 7.73. The predicted octanol–water partition coefficient (Wildman–Crippen LogP) is 6.20. The Kier molecular flexibility index (Phi) is 7.35. The van der Waals surface area contributed by atoms with Crippen molar-refractivity contribution in [2.45, 2.75) is 86.0 Å². The molecule has 0 saturated heterocycles. The number of anilines is 2. The fraction of sp³-hybridized carbons (Fsp3) is 0.520. The maximum atomic E-state index is 6.55. The van der Waals surface area contributed by atoms with Crippen molar-refractivity contribution >= 4 is 11.4 Å². The lowest BCUT2D eigenvalue weighted by molar-refractivity contribution is 0.714. The van der Waals surface area contributed by atoms with E-state index in [4.69, 9.17) is 11.5 Å². The molecule has 0 spiro atoms. The predicted molar refractivity (Wildman–Crippen MR) is 121 cm³/mol. The van der Waals surface area contributed by atoms with Crippen LogP contribution in [0.5, 0.6) is 0 Å². The zero-order valence-electron chi connectivity index (χ0n) is 18.2. The number of hydrogen-bond donors (Lipinski definition) is 2. The van der Waals surface area contributed by atoms with Gasteiger partial charge in [0.15, 0.2) is 0 Å². The van der Waals surface area contributed by atoms with E-state index in [1.165, 1.54) is 38.9 Å². The summed E-state index contributed by atoms with van der Waals surface area (Å²) in [6, 6.07) is 6.98. The normalized spacial score (nSPS) is 12.4. The lowest BCUT2D eigenvalue weighted by atomic mass is 9.82. The molecule has 0 radical (unpaired) electrons. The first-order valence-electron chi connectivity index (χ1n) is 10.7. The van der Waals surface area contributed by atoms with E-state index in [1.807, 2.05) is 0 Å². The summed E-state index contributed by atoms with van der Waals surface area (Å²) in [6.45, 7) is 13.4. The van der Waals surface area contributed by atoms with E-state index in [9.17, 15) is 0 Å². The van der Waals surface area contributed by atoms with Crippen LogP contribution in [0, 0.1) is 0 Å². The van der Waals surface area contributed by atoms with Gasteiger partial charge in [0.1, 0.15) is 0 Å². The van der Waals surface area contributed by atoms with Gasteiger partial charge in [-0.15, -0.1) is 0 Å². The van der Waals surface area contributed by atoms with Crippen LogP contribution in [0.4, 0.5) is 11.4 Å². The summed E-state index contributed by atoms with van der Waals surface area (Å²) < 4.78 is 0. The quantitative estimate of drug-likeness (QED) is 0.546. The molecule has 2 aromatic rings. The zero-order valence-corrected chi connectivity index (χ0v) is 18.2. The fourth-order valence-electron chi connectivity index (χ4n) is 4.29. The Labute approximate surface area is 166 Å². The van der Waals surface area contributed by atoms with Crippen molar-refractivity contribution in [3.8, 4) is 0 Å². The zero-order chi connectivity index (χ0) is 20.1. The molecule has 2 rings (SSSR count). The first kappa shape index (κ1) is 21.3. The molecule has 27 heavy (non-hydrogen) atoms. The second kappa shape index (κ2) is 9.30. The van der Waals surface area contributed by atoms with Crippen LogP contribution in [0.25, 0.3) is 0 Å². The Morgan fingerprint density at radius 1 is 0.704 bits per heavy atom. The monoisotopic (exact) mass is 366 g/mol. The lowest BCUT2D eigenvalue weighted by Gasteiger charge is -2.24. The number of aryl methyl sites for hydroxylation is 3. The van der Waals surface area contributed by atoms with Crippen molar-refractivity contribution < 1.29 is 0 Å². The van der Waals surface area contributed by atoms with Gasteiger partial charge in [-0.25, -0.2) is 0 Å². The molecule has 0 heterocycles. The highest BCUT2D eigenvalue weighted by atomic mass is 14.6. The second-order valence-electron chi connectivity index (χ2n) is 7.73. The van der Waals surface area contributed by atoms with Gasteiger partial charge < -0.3 is 11.5 Å². The average molecular weight is 367 g/mol. The topological polar surface area (TPSA) is 52.0 Å². The molecule has 2 aromatic carbocycles. The van der Waals surface area contributed by atoms with E-state index in [0.29, 0.717) is 5.92 Å². The fourth-order valence-corrected chi connectivity index (χ4v) is 4.29. The number of benzene rings is 2. The van der Waals surface area contributed by atoms with Crippen molar-refractivity contribution in [3.05, 3.63) is 57.1 Å². The van der Waals surface area contributed by atoms with Crippen molar-refractivity contribution in [1.29, 1.82) is 0 Å². The number of nitrogen functional groups attached to an aromatic ring is 2. The molecule has 0 aromatic heterocycles. The van der Waals surface area contributed by atoms with Gasteiger partial charge in [-0.3, -0.25) is 0 Å². The minimum Gasteiger partial charge on any atom is -0.398 e. The van der Waals surface area contributed by atoms with Crippen molar-refractivity contribution in [2.75, 3.05) is 11.5 Å². The van der Waals surface area contributed by atoms with Gasteiger partial charge in [-0.1, -0.05) is 59.7 Å². The number of hydrogen-bond acceptors (Lipinski definition) is 2. The van der Waals surface area contributed by atoms with Crippen LogP contribution >= 0.6 is 0 Å². The minimum absolute atomic E-state index is 0.522. The summed E-state index contributed by atoms with van der Waals surface area (Å²) >= 11 is 0. The highest BCUT2D eigenvalue weighted by Gasteiger charge is 2.19. The molecular formula is C25H38N2. The maximum Gasteiger partial charge on any atom is 0.0381 e. The first-order chi connectivity index (χ1) is 12.9. The maximum absolute atomic E-state index is 6.55. The molecule has 0 aliphatic heterocycles. The average Bonchev–Trinajstić information content (AvgIpc) is 2.68. The number of nitrogens with two attached hydrogens (primary N) is 2. The van der Waals surface area contributed by atoms with Gasteiger partial charge in [0.2, 0.25) is 0 Å². The van der Waals surface area contributed by atoms with E-state index in [2.05, 4.69) is 59.7 Å². The van der Waals surface area contributed by atoms with Crippen molar-refractivity contribution in [1.82, 2.24) is 0 Å². The molecule has 0 saturated carbocycles. The summed E-state index contributed by atoms with van der Waals surface area (Å²) in [7, 11) is 0. The Bertz CT molecular complexity index is 764. The summed E-state index contributed by atoms with van der Waals surface area (Å²) in [4.78, 5) is 0. The van der Waals surface area contributed by atoms with Crippen LogP contribution in [0.1, 0.15) is 92.8 Å². The molecule has 1 atom stereocenters. The Hall–Kier alpha value is -1.96. The largest absolute Gasteiger partial charge is 0.398 e. The van der Waals surface area contributed by atoms with Crippen LogP contribution in [-0.4, -0.2) is 0 Å². The molecule has 0 fully saturated rings. The van der Waals surface area contributed by atoms with E-state index in [-0.39, 0.29) is 0 Å². The smallest absolute Gasteiger partial charge is 0.0381 e. The van der Waals surface area contributed by atoms with E-state index in [1.54, 1.807) is 0 Å². The van der Waals surface area contributed by atoms with Crippen LogP contribution in [-0.2, 0) is 32.1 Å². The van der Waals surface area contributed by atoms with E-state index < -0.39 is 0 Å². The highest BCUT2D eigenvalue weighted by Crippen LogP contribution is 2.35. The third-order valence-corrected chi connectivity index (χ3v) is 6.10. The summed E-state index contributed by atoms with van der Waals surface area (Å²) in [5, 5.41) is 0. The summed E-state index contributed by atoms with van der Waals surface area (Å²) in [6.07, 6.45) is 6.02. The number of rotatable bonds is 8. The van der Waals surface area contributed by atoms with Gasteiger partial charge in [-0.05, 0) is 83.4 Å². The van der Waals surface area contributed by atoms with Gasteiger partial charge in [0.25, 0.3) is 0 Å². The summed E-state index contributed by atoms with van der Waals surface area (Å²) in [5.41, 5.74) is 24.4. The molecular weight excluding hydrogens is 328 g/mol. The lowest BCUT2D eigenvalue weighted by Crippen LogP contribution is -2.11. The van der Waals surface area contributed by atoms with Crippen LogP contribution < -0.4 is 11.5 Å². The highest BCUT2D eigenvalue weighted by molar-refractivity contribution is 5.62. The first-order valence-corrected chi connectivity index (χ1v) is 10.7. The molecule has 0 bridgehead atoms. The van der Waals surface area contributed by atoms with Gasteiger partial charge >= 0.3 is 0 Å². The van der Waals surface area contributed by atoms with Gasteiger partial charge in [-0.2, -0.15) is 0 Å². The molecule has 148 valence electrons. The molecule has 2 heteroatoms. The van der Waals surface area contributed by atoms with Gasteiger partial charge in [0.05, 0.1) is 0 Å². The molecule has 2 nitrogen and oxygen atoms in total. The van der Waals surface area contributed by atoms with E-state index in [0.717, 1.165) is 49.9 Å². The molecule has 0 aliphatic rings. The minimum atomic E-state index is 0.522. The van der Waals surface area contributed by atoms with E-state index >= 15 is 0 Å². The van der Waals surface area contributed by atoms with Crippen LogP contribution in [0.2, 0.25) is 0 Å².